The summed E-state index contributed by atoms with van der Waals surface area (Å²) in [4.78, 5) is 20.6. The van der Waals surface area contributed by atoms with Gasteiger partial charge in [0.2, 0.25) is 0 Å². The summed E-state index contributed by atoms with van der Waals surface area (Å²) in [6.07, 6.45) is 0.831. The van der Waals surface area contributed by atoms with Crippen molar-refractivity contribution in [1.82, 2.24) is 15.3 Å². The van der Waals surface area contributed by atoms with Crippen LogP contribution in [0.3, 0.4) is 0 Å². The van der Waals surface area contributed by atoms with Crippen molar-refractivity contribution in [2.45, 2.75) is 33.2 Å². The Balaban J connectivity index is 1.88. The van der Waals surface area contributed by atoms with Crippen molar-refractivity contribution in [1.29, 1.82) is 0 Å². The summed E-state index contributed by atoms with van der Waals surface area (Å²) < 4.78 is 0. The Labute approximate surface area is 142 Å². The summed E-state index contributed by atoms with van der Waals surface area (Å²) in [5.41, 5.74) is 3.79. The van der Waals surface area contributed by atoms with Crippen LogP contribution in [-0.4, -0.2) is 15.9 Å². The lowest BCUT2D eigenvalue weighted by Crippen LogP contribution is -2.30. The van der Waals surface area contributed by atoms with Gasteiger partial charge in [-0.25, -0.2) is 4.98 Å². The number of hydrogen-bond donors (Lipinski definition) is 2. The highest BCUT2D eigenvalue weighted by atomic mass is 16.1. The molecule has 1 heterocycles. The van der Waals surface area contributed by atoms with Crippen LogP contribution < -0.4 is 5.32 Å². The Morgan fingerprint density at radius 1 is 1.17 bits per heavy atom. The molecule has 0 fully saturated rings. The molecule has 0 radical (unpaired) electrons. The van der Waals surface area contributed by atoms with E-state index >= 15 is 0 Å². The van der Waals surface area contributed by atoms with Crippen LogP contribution >= 0.6 is 0 Å². The van der Waals surface area contributed by atoms with Crippen molar-refractivity contribution in [3.05, 3.63) is 65.5 Å². The lowest BCUT2D eigenvalue weighted by molar-refractivity contribution is 0.0930. The van der Waals surface area contributed by atoms with E-state index in [0.717, 1.165) is 23.3 Å². The molecule has 0 aliphatic heterocycles. The van der Waals surface area contributed by atoms with Crippen molar-refractivity contribution < 1.29 is 4.79 Å². The van der Waals surface area contributed by atoms with E-state index in [0.29, 0.717) is 11.5 Å². The number of carbonyl (C=O) groups is 1. The number of aromatic amines is 1. The monoisotopic (exact) mass is 321 g/mol. The molecular formula is C20H23N3O. The Morgan fingerprint density at radius 2 is 1.92 bits per heavy atom. The second-order valence-electron chi connectivity index (χ2n) is 6.66. The third-order valence-electron chi connectivity index (χ3n) is 4.03. The first-order valence-electron chi connectivity index (χ1n) is 8.35. The highest BCUT2D eigenvalue weighted by Gasteiger charge is 2.20. The molecule has 1 aromatic heterocycles. The van der Waals surface area contributed by atoms with Crippen molar-refractivity contribution in [2.24, 2.45) is 5.92 Å². The number of aryl methyl sites for hydroxylation is 1. The van der Waals surface area contributed by atoms with Crippen LogP contribution in [0.1, 0.15) is 48.1 Å². The quantitative estimate of drug-likeness (QED) is 0.732. The van der Waals surface area contributed by atoms with E-state index in [1.54, 1.807) is 0 Å². The fraction of sp³-hybridized carbons (Fsp3) is 0.300. The van der Waals surface area contributed by atoms with Crippen LogP contribution in [0.25, 0.3) is 11.0 Å². The van der Waals surface area contributed by atoms with Crippen LogP contribution in [-0.2, 0) is 0 Å². The summed E-state index contributed by atoms with van der Waals surface area (Å²) in [5, 5.41) is 3.12. The van der Waals surface area contributed by atoms with E-state index in [-0.39, 0.29) is 11.9 Å². The van der Waals surface area contributed by atoms with Crippen molar-refractivity contribution in [2.75, 3.05) is 0 Å². The van der Waals surface area contributed by atoms with Crippen LogP contribution in [0.4, 0.5) is 0 Å². The van der Waals surface area contributed by atoms with E-state index in [4.69, 9.17) is 0 Å². The number of rotatable bonds is 5. The van der Waals surface area contributed by atoms with Crippen LogP contribution in [0.2, 0.25) is 0 Å². The first-order valence-corrected chi connectivity index (χ1v) is 8.35. The molecule has 0 unspecified atom stereocenters. The maximum Gasteiger partial charge on any atom is 0.251 e. The number of amides is 1. The number of benzene rings is 2. The van der Waals surface area contributed by atoms with Gasteiger partial charge in [-0.05, 0) is 49.1 Å². The standard InChI is InChI=1S/C20H23N3O/c1-13(2)11-18(23-20(24)15-7-5-4-6-8-15)19-21-16-10-9-14(3)12-17(16)22-19/h4-10,12-13,18H,11H2,1-3H3,(H,21,22)(H,23,24)/t18-/m1/s1. The number of hydrogen-bond acceptors (Lipinski definition) is 2. The van der Waals surface area contributed by atoms with Gasteiger partial charge in [-0.1, -0.05) is 38.1 Å². The molecule has 3 aromatic rings. The van der Waals surface area contributed by atoms with E-state index in [2.05, 4.69) is 42.1 Å². The van der Waals surface area contributed by atoms with Crippen molar-refractivity contribution in [3.63, 3.8) is 0 Å². The maximum absolute atomic E-state index is 12.5. The predicted molar refractivity (Wildman–Crippen MR) is 96.9 cm³/mol. The zero-order chi connectivity index (χ0) is 17.1. The number of carbonyl (C=O) groups excluding carboxylic acids is 1. The summed E-state index contributed by atoms with van der Waals surface area (Å²) in [6.45, 7) is 6.35. The Morgan fingerprint density at radius 3 is 2.62 bits per heavy atom. The van der Waals surface area contributed by atoms with Gasteiger partial charge in [-0.2, -0.15) is 0 Å². The smallest absolute Gasteiger partial charge is 0.251 e. The molecule has 24 heavy (non-hydrogen) atoms. The summed E-state index contributed by atoms with van der Waals surface area (Å²) in [7, 11) is 0. The van der Waals surface area contributed by atoms with Gasteiger partial charge in [0.25, 0.3) is 5.91 Å². The lowest BCUT2D eigenvalue weighted by atomic mass is 10.0. The molecule has 0 bridgehead atoms. The second kappa shape index (κ2) is 6.87. The van der Waals surface area contributed by atoms with Gasteiger partial charge in [0.15, 0.2) is 0 Å². The normalized spacial score (nSPS) is 12.5. The molecule has 0 aliphatic carbocycles. The molecule has 124 valence electrons. The fourth-order valence-electron chi connectivity index (χ4n) is 2.85. The van der Waals surface area contributed by atoms with Gasteiger partial charge in [0.05, 0.1) is 17.1 Å². The molecule has 4 nitrogen and oxygen atoms in total. The largest absolute Gasteiger partial charge is 0.342 e. The van der Waals surface area contributed by atoms with Gasteiger partial charge < -0.3 is 10.3 Å². The topological polar surface area (TPSA) is 57.8 Å². The molecule has 0 spiro atoms. The van der Waals surface area contributed by atoms with Crippen molar-refractivity contribution in [3.8, 4) is 0 Å². The first-order chi connectivity index (χ1) is 11.5. The average Bonchev–Trinajstić information content (AvgIpc) is 2.97. The molecular weight excluding hydrogens is 298 g/mol. The van der Waals surface area contributed by atoms with E-state index in [9.17, 15) is 4.79 Å². The third kappa shape index (κ3) is 3.65. The van der Waals surface area contributed by atoms with E-state index in [1.807, 2.05) is 42.5 Å². The molecule has 1 amide bonds. The first kappa shape index (κ1) is 16.2. The molecule has 2 N–H and O–H groups in total. The molecule has 4 heteroatoms. The highest BCUT2D eigenvalue weighted by Crippen LogP contribution is 2.23. The fourth-order valence-corrected chi connectivity index (χ4v) is 2.85. The summed E-state index contributed by atoms with van der Waals surface area (Å²) in [6, 6.07) is 15.3. The summed E-state index contributed by atoms with van der Waals surface area (Å²) in [5.74, 6) is 1.19. The number of nitrogens with zero attached hydrogens (tertiary/aromatic N) is 1. The minimum atomic E-state index is -0.134. The predicted octanol–water partition coefficient (Wildman–Crippen LogP) is 4.39. The highest BCUT2D eigenvalue weighted by molar-refractivity contribution is 5.94. The zero-order valence-corrected chi connectivity index (χ0v) is 14.3. The minimum absolute atomic E-state index is 0.0714. The average molecular weight is 321 g/mol. The SMILES string of the molecule is Cc1ccc2nc([C@@H](CC(C)C)NC(=O)c3ccccc3)[nH]c2c1. The second-order valence-corrected chi connectivity index (χ2v) is 6.66. The molecule has 0 saturated heterocycles. The maximum atomic E-state index is 12.5. The van der Waals surface area contributed by atoms with Crippen LogP contribution in [0.15, 0.2) is 48.5 Å². The van der Waals surface area contributed by atoms with Crippen LogP contribution in [0, 0.1) is 12.8 Å². The number of fused-ring (bicyclic) bond motifs is 1. The van der Waals surface area contributed by atoms with Crippen molar-refractivity contribution >= 4 is 16.9 Å². The molecule has 1 atom stereocenters. The minimum Gasteiger partial charge on any atom is -0.342 e. The van der Waals surface area contributed by atoms with Gasteiger partial charge in [0.1, 0.15) is 5.82 Å². The van der Waals surface area contributed by atoms with E-state index < -0.39 is 0 Å². The van der Waals surface area contributed by atoms with Gasteiger partial charge >= 0.3 is 0 Å². The van der Waals surface area contributed by atoms with Crippen LogP contribution in [0.5, 0.6) is 0 Å². The Hall–Kier alpha value is -2.62. The Bertz CT molecular complexity index is 836. The van der Waals surface area contributed by atoms with Gasteiger partial charge in [0, 0.05) is 5.56 Å². The number of aromatic nitrogens is 2. The molecule has 0 saturated carbocycles. The zero-order valence-electron chi connectivity index (χ0n) is 14.3. The lowest BCUT2D eigenvalue weighted by Gasteiger charge is -2.18. The molecule has 0 aliphatic rings. The Kier molecular flexibility index (Phi) is 4.65. The summed E-state index contributed by atoms with van der Waals surface area (Å²) >= 11 is 0. The number of nitrogens with one attached hydrogen (secondary N) is 2. The third-order valence-corrected chi connectivity index (χ3v) is 4.03. The van der Waals surface area contributed by atoms with Gasteiger partial charge in [-0.3, -0.25) is 4.79 Å². The molecule has 3 rings (SSSR count). The number of H-pyrrole nitrogens is 1. The van der Waals surface area contributed by atoms with E-state index in [1.165, 1.54) is 5.56 Å². The molecule has 2 aromatic carbocycles. The van der Waals surface area contributed by atoms with Gasteiger partial charge in [-0.15, -0.1) is 0 Å². The number of imidazole rings is 1.